The van der Waals surface area contributed by atoms with E-state index in [0.29, 0.717) is 23.4 Å². The maximum absolute atomic E-state index is 11.8. The van der Waals surface area contributed by atoms with Crippen LogP contribution in [0.3, 0.4) is 0 Å². The monoisotopic (exact) mass is 301 g/mol. The van der Waals surface area contributed by atoms with E-state index in [-0.39, 0.29) is 4.90 Å². The molecule has 0 saturated carbocycles. The summed E-state index contributed by atoms with van der Waals surface area (Å²) in [6.45, 7) is 0.447. The van der Waals surface area contributed by atoms with E-state index >= 15 is 0 Å². The quantitative estimate of drug-likeness (QED) is 0.775. The number of aromatic nitrogens is 2. The molecule has 3 aromatic rings. The average Bonchev–Trinajstić information content (AvgIpc) is 2.90. The largest absolute Gasteiger partial charge is 0.338 e. The Hall–Kier alpha value is -2.18. The number of hydrogen-bond donors (Lipinski definition) is 2. The number of para-hydroxylation sites is 1. The van der Waals surface area contributed by atoms with Crippen LogP contribution in [0.1, 0.15) is 5.56 Å². The van der Waals surface area contributed by atoms with E-state index in [2.05, 4.69) is 9.97 Å². The summed E-state index contributed by atoms with van der Waals surface area (Å²) in [4.78, 5) is 7.84. The normalized spacial score (nSPS) is 11.9. The van der Waals surface area contributed by atoms with Crippen LogP contribution in [-0.2, 0) is 16.4 Å². The van der Waals surface area contributed by atoms with Crippen LogP contribution >= 0.6 is 0 Å². The summed E-state index contributed by atoms with van der Waals surface area (Å²) in [5.74, 6) is 0.636. The number of nitrogens with zero attached hydrogens (tertiary/aromatic N) is 1. The number of nitrogens with one attached hydrogen (secondary N) is 1. The van der Waals surface area contributed by atoms with Gasteiger partial charge in [0.2, 0.25) is 0 Å². The molecule has 0 aliphatic rings. The highest BCUT2D eigenvalue weighted by Crippen LogP contribution is 2.25. The van der Waals surface area contributed by atoms with Crippen LogP contribution in [0, 0.1) is 0 Å². The van der Waals surface area contributed by atoms with Crippen LogP contribution in [0.25, 0.3) is 22.4 Å². The summed E-state index contributed by atoms with van der Waals surface area (Å²) in [6.07, 6.45) is 1.19. The summed E-state index contributed by atoms with van der Waals surface area (Å²) in [6, 6.07) is 12.8. The van der Waals surface area contributed by atoms with Crippen LogP contribution in [0.15, 0.2) is 47.4 Å². The van der Waals surface area contributed by atoms with Crippen molar-refractivity contribution >= 4 is 20.9 Å². The van der Waals surface area contributed by atoms with Crippen LogP contribution < -0.4 is 5.73 Å². The second-order valence-corrected chi connectivity index (χ2v) is 6.90. The zero-order valence-electron chi connectivity index (χ0n) is 11.5. The summed E-state index contributed by atoms with van der Waals surface area (Å²) in [5.41, 5.74) is 8.69. The van der Waals surface area contributed by atoms with E-state index in [0.717, 1.165) is 11.1 Å². The zero-order chi connectivity index (χ0) is 15.0. The molecule has 0 aliphatic carbocycles. The highest BCUT2D eigenvalue weighted by atomic mass is 32.2. The number of rotatable bonds is 3. The van der Waals surface area contributed by atoms with E-state index in [1.807, 2.05) is 30.3 Å². The molecule has 6 heteroatoms. The molecule has 0 radical (unpaired) electrons. The lowest BCUT2D eigenvalue weighted by Gasteiger charge is -2.00. The van der Waals surface area contributed by atoms with Gasteiger partial charge in [0.1, 0.15) is 11.3 Å². The summed E-state index contributed by atoms with van der Waals surface area (Å²) >= 11 is 0. The van der Waals surface area contributed by atoms with Gasteiger partial charge >= 0.3 is 0 Å². The van der Waals surface area contributed by atoms with Crippen molar-refractivity contribution in [2.75, 3.05) is 6.26 Å². The van der Waals surface area contributed by atoms with Crippen molar-refractivity contribution in [1.82, 2.24) is 9.97 Å². The number of H-pyrrole nitrogens is 1. The topological polar surface area (TPSA) is 88.8 Å². The third-order valence-corrected chi connectivity index (χ3v) is 4.44. The fraction of sp³-hybridized carbons (Fsp3) is 0.133. The van der Waals surface area contributed by atoms with Crippen molar-refractivity contribution in [3.8, 4) is 11.4 Å². The molecule has 0 atom stereocenters. The minimum Gasteiger partial charge on any atom is -0.338 e. The average molecular weight is 301 g/mol. The molecule has 21 heavy (non-hydrogen) atoms. The van der Waals surface area contributed by atoms with Crippen molar-refractivity contribution in [1.29, 1.82) is 0 Å². The summed E-state index contributed by atoms with van der Waals surface area (Å²) in [5, 5.41) is 0. The number of aromatic amines is 1. The van der Waals surface area contributed by atoms with Crippen LogP contribution in [0.2, 0.25) is 0 Å². The van der Waals surface area contributed by atoms with E-state index in [9.17, 15) is 8.42 Å². The van der Waals surface area contributed by atoms with E-state index in [1.165, 1.54) is 6.26 Å². The number of benzene rings is 2. The van der Waals surface area contributed by atoms with Gasteiger partial charge in [-0.2, -0.15) is 0 Å². The van der Waals surface area contributed by atoms with E-state index in [4.69, 9.17) is 5.73 Å². The molecule has 0 saturated heterocycles. The minimum absolute atomic E-state index is 0.234. The molecule has 0 amide bonds. The van der Waals surface area contributed by atoms with E-state index < -0.39 is 9.84 Å². The molecule has 3 N–H and O–H groups in total. The van der Waals surface area contributed by atoms with Crippen LogP contribution in [0.5, 0.6) is 0 Å². The zero-order valence-corrected chi connectivity index (χ0v) is 12.3. The number of imidazole rings is 1. The first-order chi connectivity index (χ1) is 9.99. The minimum atomic E-state index is -3.31. The Balaban J connectivity index is 2.22. The maximum Gasteiger partial charge on any atom is 0.177 e. The Morgan fingerprint density at radius 1 is 1.19 bits per heavy atom. The molecule has 0 bridgehead atoms. The highest BCUT2D eigenvalue weighted by Gasteiger charge is 2.15. The third kappa shape index (κ3) is 2.55. The first-order valence-corrected chi connectivity index (χ1v) is 8.36. The Labute approximate surface area is 122 Å². The van der Waals surface area contributed by atoms with Crippen molar-refractivity contribution < 1.29 is 8.42 Å². The predicted octanol–water partition coefficient (Wildman–Crippen LogP) is 2.09. The second-order valence-electron chi connectivity index (χ2n) is 4.91. The van der Waals surface area contributed by atoms with Crippen molar-refractivity contribution in [2.24, 2.45) is 5.73 Å². The highest BCUT2D eigenvalue weighted by molar-refractivity contribution is 7.91. The Bertz CT molecular complexity index is 914. The van der Waals surface area contributed by atoms with Gasteiger partial charge in [0.25, 0.3) is 0 Å². The number of hydrogen-bond acceptors (Lipinski definition) is 4. The number of nitrogens with two attached hydrogens (primary N) is 1. The first-order valence-electron chi connectivity index (χ1n) is 6.47. The Kier molecular flexibility index (Phi) is 3.27. The Morgan fingerprint density at radius 3 is 2.67 bits per heavy atom. The SMILES string of the molecule is CS(=O)(=O)c1cccc2[nH]c(-c3cccc(CN)c3)nc12. The van der Waals surface area contributed by atoms with Gasteiger partial charge in [-0.1, -0.05) is 24.3 Å². The molecule has 0 spiro atoms. The predicted molar refractivity (Wildman–Crippen MR) is 82.5 cm³/mol. The molecule has 3 rings (SSSR count). The molecule has 0 aliphatic heterocycles. The lowest BCUT2D eigenvalue weighted by Crippen LogP contribution is -1.97. The Morgan fingerprint density at radius 2 is 1.95 bits per heavy atom. The van der Waals surface area contributed by atoms with Gasteiger partial charge in [0.05, 0.1) is 10.4 Å². The summed E-state index contributed by atoms with van der Waals surface area (Å²) < 4.78 is 23.6. The van der Waals surface area contributed by atoms with Gasteiger partial charge < -0.3 is 10.7 Å². The molecule has 5 nitrogen and oxygen atoms in total. The van der Waals surface area contributed by atoms with Gasteiger partial charge in [-0.05, 0) is 23.8 Å². The van der Waals surface area contributed by atoms with Crippen LogP contribution in [0.4, 0.5) is 0 Å². The van der Waals surface area contributed by atoms with Crippen molar-refractivity contribution in [2.45, 2.75) is 11.4 Å². The van der Waals surface area contributed by atoms with E-state index in [1.54, 1.807) is 12.1 Å². The molecule has 1 heterocycles. The van der Waals surface area contributed by atoms with Crippen molar-refractivity contribution in [3.63, 3.8) is 0 Å². The fourth-order valence-electron chi connectivity index (χ4n) is 2.29. The molecular weight excluding hydrogens is 286 g/mol. The molecule has 1 aromatic heterocycles. The third-order valence-electron chi connectivity index (χ3n) is 3.31. The van der Waals surface area contributed by atoms with Gasteiger partial charge in [0.15, 0.2) is 9.84 Å². The molecule has 2 aromatic carbocycles. The summed E-state index contributed by atoms with van der Waals surface area (Å²) in [7, 11) is -3.31. The molecular formula is C15H15N3O2S. The second kappa shape index (κ2) is 4.98. The van der Waals surface area contributed by atoms with Gasteiger partial charge in [-0.15, -0.1) is 0 Å². The standard InChI is InChI=1S/C15H15N3O2S/c1-21(19,20)13-7-3-6-12-14(13)18-15(17-12)11-5-2-4-10(8-11)9-16/h2-8H,9,16H2,1H3,(H,17,18). The molecule has 0 fully saturated rings. The number of sulfone groups is 1. The lowest BCUT2D eigenvalue weighted by atomic mass is 10.1. The van der Waals surface area contributed by atoms with Crippen molar-refractivity contribution in [3.05, 3.63) is 48.0 Å². The first kappa shape index (κ1) is 13.8. The fourth-order valence-corrected chi connectivity index (χ4v) is 3.12. The van der Waals surface area contributed by atoms with Crippen LogP contribution in [-0.4, -0.2) is 24.6 Å². The smallest absolute Gasteiger partial charge is 0.177 e. The molecule has 0 unspecified atom stereocenters. The lowest BCUT2D eigenvalue weighted by molar-refractivity contribution is 0.602. The van der Waals surface area contributed by atoms with Gasteiger partial charge in [-0.3, -0.25) is 0 Å². The molecule has 108 valence electrons. The number of fused-ring (bicyclic) bond motifs is 1. The van der Waals surface area contributed by atoms with Gasteiger partial charge in [0, 0.05) is 18.4 Å². The maximum atomic E-state index is 11.8. The van der Waals surface area contributed by atoms with Gasteiger partial charge in [-0.25, -0.2) is 13.4 Å².